The lowest BCUT2D eigenvalue weighted by atomic mass is 10.2. The largest absolute Gasteiger partial charge is 0.393 e. The third-order valence-corrected chi connectivity index (χ3v) is 3.03. The minimum Gasteiger partial charge on any atom is -0.393 e. The second kappa shape index (κ2) is 6.50. The molecule has 0 aliphatic carbocycles. The Morgan fingerprint density at radius 3 is 2.68 bits per heavy atom. The molecule has 0 amide bonds. The highest BCUT2D eigenvalue weighted by molar-refractivity contribution is 5.30. The van der Waals surface area contributed by atoms with Gasteiger partial charge in [0.25, 0.3) is 0 Å². The minimum absolute atomic E-state index is 0.246. The molecule has 2 rings (SSSR count). The van der Waals surface area contributed by atoms with Gasteiger partial charge < -0.3 is 10.0 Å². The predicted octanol–water partition coefficient (Wildman–Crippen LogP) is 2.08. The number of aliphatic hydroxyl groups excluding tert-OH is 1. The molecule has 4 heteroatoms. The van der Waals surface area contributed by atoms with Gasteiger partial charge in [-0.1, -0.05) is 18.2 Å². The molecule has 1 unspecified atom stereocenters. The zero-order valence-corrected chi connectivity index (χ0v) is 11.5. The minimum atomic E-state index is -0.246. The van der Waals surface area contributed by atoms with Gasteiger partial charge in [-0.3, -0.25) is 0 Å². The van der Waals surface area contributed by atoms with Crippen molar-refractivity contribution >= 4 is 0 Å². The van der Waals surface area contributed by atoms with Crippen molar-refractivity contribution in [1.82, 2.24) is 14.7 Å². The van der Waals surface area contributed by atoms with E-state index in [4.69, 9.17) is 0 Å². The van der Waals surface area contributed by atoms with E-state index in [-0.39, 0.29) is 6.10 Å². The second-order valence-electron chi connectivity index (χ2n) is 4.96. The lowest BCUT2D eigenvalue weighted by Crippen LogP contribution is -2.22. The third-order valence-electron chi connectivity index (χ3n) is 3.03. The molecule has 1 heterocycles. The highest BCUT2D eigenvalue weighted by atomic mass is 16.3. The van der Waals surface area contributed by atoms with Crippen LogP contribution in [-0.2, 0) is 6.54 Å². The van der Waals surface area contributed by atoms with Crippen molar-refractivity contribution in [2.75, 3.05) is 13.6 Å². The fourth-order valence-electron chi connectivity index (χ4n) is 1.93. The van der Waals surface area contributed by atoms with E-state index in [0.717, 1.165) is 30.9 Å². The zero-order chi connectivity index (χ0) is 13.7. The summed E-state index contributed by atoms with van der Waals surface area (Å²) in [6.07, 6.45) is 2.52. The molecule has 2 aromatic rings. The Morgan fingerprint density at radius 1 is 1.26 bits per heavy atom. The molecule has 0 bridgehead atoms. The van der Waals surface area contributed by atoms with Crippen molar-refractivity contribution in [1.29, 1.82) is 0 Å². The van der Waals surface area contributed by atoms with E-state index < -0.39 is 0 Å². The van der Waals surface area contributed by atoms with Crippen LogP contribution in [0.15, 0.2) is 42.6 Å². The number of aliphatic hydroxyl groups is 1. The molecule has 0 aliphatic heterocycles. The number of aromatic nitrogens is 2. The number of para-hydroxylation sites is 1. The first-order valence-electron chi connectivity index (χ1n) is 6.62. The highest BCUT2D eigenvalue weighted by Crippen LogP contribution is 2.08. The molecule has 0 saturated heterocycles. The van der Waals surface area contributed by atoms with Crippen molar-refractivity contribution in [3.05, 3.63) is 48.3 Å². The SMILES string of the molecule is CC(O)CCN(C)Cc1ccn(-c2ccccc2)n1. The van der Waals surface area contributed by atoms with Crippen LogP contribution in [0.2, 0.25) is 0 Å². The predicted molar refractivity (Wildman–Crippen MR) is 76.2 cm³/mol. The molecule has 1 aromatic heterocycles. The highest BCUT2D eigenvalue weighted by Gasteiger charge is 2.06. The average Bonchev–Trinajstić information content (AvgIpc) is 2.86. The van der Waals surface area contributed by atoms with Gasteiger partial charge in [-0.05, 0) is 38.6 Å². The summed E-state index contributed by atoms with van der Waals surface area (Å²) in [6, 6.07) is 12.1. The Labute approximate surface area is 114 Å². The average molecular weight is 259 g/mol. The molecule has 0 radical (unpaired) electrons. The topological polar surface area (TPSA) is 41.3 Å². The molecule has 19 heavy (non-hydrogen) atoms. The van der Waals surface area contributed by atoms with Gasteiger partial charge in [0.15, 0.2) is 0 Å². The van der Waals surface area contributed by atoms with Crippen LogP contribution < -0.4 is 0 Å². The Balaban J connectivity index is 1.94. The van der Waals surface area contributed by atoms with Crippen molar-refractivity contribution in [2.45, 2.75) is 26.0 Å². The molecule has 1 atom stereocenters. The van der Waals surface area contributed by atoms with E-state index in [9.17, 15) is 5.11 Å². The molecule has 102 valence electrons. The van der Waals surface area contributed by atoms with Gasteiger partial charge in [-0.25, -0.2) is 4.68 Å². The van der Waals surface area contributed by atoms with Crippen LogP contribution in [0, 0.1) is 0 Å². The Hall–Kier alpha value is -1.65. The van der Waals surface area contributed by atoms with Crippen LogP contribution in [0.5, 0.6) is 0 Å². The van der Waals surface area contributed by atoms with Crippen LogP contribution in [0.4, 0.5) is 0 Å². The van der Waals surface area contributed by atoms with E-state index in [1.165, 1.54) is 0 Å². The monoisotopic (exact) mass is 259 g/mol. The summed E-state index contributed by atoms with van der Waals surface area (Å²) in [5, 5.41) is 13.8. The summed E-state index contributed by atoms with van der Waals surface area (Å²) < 4.78 is 1.89. The summed E-state index contributed by atoms with van der Waals surface area (Å²) in [6.45, 7) is 3.49. The van der Waals surface area contributed by atoms with E-state index in [1.807, 2.05) is 61.2 Å². The molecule has 0 spiro atoms. The molecule has 0 aliphatic rings. The lowest BCUT2D eigenvalue weighted by molar-refractivity contribution is 0.162. The molecular weight excluding hydrogens is 238 g/mol. The van der Waals surface area contributed by atoms with Gasteiger partial charge in [0.1, 0.15) is 0 Å². The van der Waals surface area contributed by atoms with Gasteiger partial charge in [0.2, 0.25) is 0 Å². The summed E-state index contributed by atoms with van der Waals surface area (Å²) in [5.41, 5.74) is 2.11. The van der Waals surface area contributed by atoms with E-state index in [1.54, 1.807) is 0 Å². The Kier molecular flexibility index (Phi) is 4.71. The van der Waals surface area contributed by atoms with Crippen LogP contribution in [0.25, 0.3) is 5.69 Å². The molecule has 0 saturated carbocycles. The maximum atomic E-state index is 9.27. The fourth-order valence-corrected chi connectivity index (χ4v) is 1.93. The first-order chi connectivity index (χ1) is 9.15. The van der Waals surface area contributed by atoms with E-state index in [0.29, 0.717) is 0 Å². The first-order valence-corrected chi connectivity index (χ1v) is 6.62. The number of rotatable bonds is 6. The lowest BCUT2D eigenvalue weighted by Gasteiger charge is -2.15. The van der Waals surface area contributed by atoms with Gasteiger partial charge in [-0.2, -0.15) is 5.10 Å². The van der Waals surface area contributed by atoms with Crippen molar-refractivity contribution in [2.24, 2.45) is 0 Å². The molecular formula is C15H21N3O. The normalized spacial score (nSPS) is 12.8. The number of benzene rings is 1. The number of nitrogens with zero attached hydrogens (tertiary/aromatic N) is 3. The van der Waals surface area contributed by atoms with Crippen LogP contribution >= 0.6 is 0 Å². The Bertz CT molecular complexity index is 493. The maximum absolute atomic E-state index is 9.27. The van der Waals surface area contributed by atoms with Gasteiger partial charge in [0, 0.05) is 19.3 Å². The molecule has 1 aromatic carbocycles. The molecule has 4 nitrogen and oxygen atoms in total. The van der Waals surface area contributed by atoms with Crippen LogP contribution in [-0.4, -0.2) is 39.5 Å². The van der Waals surface area contributed by atoms with Crippen molar-refractivity contribution in [3.63, 3.8) is 0 Å². The van der Waals surface area contributed by atoms with Crippen molar-refractivity contribution < 1.29 is 5.11 Å². The second-order valence-corrected chi connectivity index (χ2v) is 4.96. The quantitative estimate of drug-likeness (QED) is 0.863. The van der Waals surface area contributed by atoms with Crippen LogP contribution in [0.1, 0.15) is 19.0 Å². The molecule has 0 fully saturated rings. The fraction of sp³-hybridized carbons (Fsp3) is 0.400. The summed E-state index contributed by atoms with van der Waals surface area (Å²) >= 11 is 0. The van der Waals surface area contributed by atoms with Gasteiger partial charge in [-0.15, -0.1) is 0 Å². The Morgan fingerprint density at radius 2 is 2.00 bits per heavy atom. The number of hydrogen-bond acceptors (Lipinski definition) is 3. The smallest absolute Gasteiger partial charge is 0.0769 e. The first kappa shape index (κ1) is 13.8. The van der Waals surface area contributed by atoms with Gasteiger partial charge >= 0.3 is 0 Å². The van der Waals surface area contributed by atoms with Crippen molar-refractivity contribution in [3.8, 4) is 5.69 Å². The number of hydrogen-bond donors (Lipinski definition) is 1. The summed E-state index contributed by atoms with van der Waals surface area (Å²) in [5.74, 6) is 0. The zero-order valence-electron chi connectivity index (χ0n) is 11.5. The summed E-state index contributed by atoms with van der Waals surface area (Å²) in [7, 11) is 2.05. The van der Waals surface area contributed by atoms with Crippen LogP contribution in [0.3, 0.4) is 0 Å². The maximum Gasteiger partial charge on any atom is 0.0769 e. The van der Waals surface area contributed by atoms with E-state index in [2.05, 4.69) is 10.00 Å². The third kappa shape index (κ3) is 4.19. The van der Waals surface area contributed by atoms with Gasteiger partial charge in [0.05, 0.1) is 17.5 Å². The standard InChI is InChI=1S/C15H21N3O/c1-13(19)8-10-17(2)12-14-9-11-18(16-14)15-6-4-3-5-7-15/h3-7,9,11,13,19H,8,10,12H2,1-2H3. The molecule has 1 N–H and O–H groups in total. The summed E-state index contributed by atoms with van der Waals surface area (Å²) in [4.78, 5) is 2.17. The van der Waals surface area contributed by atoms with E-state index >= 15 is 0 Å².